The lowest BCUT2D eigenvalue weighted by molar-refractivity contribution is 0.414. The molecule has 0 aliphatic carbocycles. The first-order valence-electron chi connectivity index (χ1n) is 7.47. The molecule has 0 aromatic heterocycles. The SMILES string of the molecule is COc1ccc(CC(C#N)(C#N)c2ccc(C(C#N)C#N)cc2)cc1. The second-order valence-corrected chi connectivity index (χ2v) is 5.47. The first-order valence-corrected chi connectivity index (χ1v) is 7.47. The van der Waals surface area contributed by atoms with E-state index in [-0.39, 0.29) is 6.42 Å². The summed E-state index contributed by atoms with van der Waals surface area (Å²) in [5.74, 6) is -0.166. The maximum atomic E-state index is 9.66. The first-order chi connectivity index (χ1) is 12.1. The molecule has 0 amide bonds. The van der Waals surface area contributed by atoms with E-state index in [1.165, 1.54) is 0 Å². The van der Waals surface area contributed by atoms with Crippen LogP contribution in [0.1, 0.15) is 22.6 Å². The molecule has 5 heteroatoms. The summed E-state index contributed by atoms with van der Waals surface area (Å²) in [6, 6.07) is 21.7. The molecule has 25 heavy (non-hydrogen) atoms. The largest absolute Gasteiger partial charge is 0.497 e. The Bertz CT molecular complexity index is 875. The highest BCUT2D eigenvalue weighted by Crippen LogP contribution is 2.29. The van der Waals surface area contributed by atoms with Gasteiger partial charge >= 0.3 is 0 Å². The molecule has 0 spiro atoms. The van der Waals surface area contributed by atoms with Crippen molar-refractivity contribution >= 4 is 0 Å². The zero-order chi connectivity index (χ0) is 18.3. The second kappa shape index (κ2) is 7.65. The van der Waals surface area contributed by atoms with E-state index < -0.39 is 11.3 Å². The van der Waals surface area contributed by atoms with Gasteiger partial charge in [0.1, 0.15) is 5.75 Å². The van der Waals surface area contributed by atoms with Crippen LogP contribution in [0.4, 0.5) is 0 Å². The van der Waals surface area contributed by atoms with Crippen molar-refractivity contribution in [2.75, 3.05) is 7.11 Å². The molecule has 0 heterocycles. The third-order valence-corrected chi connectivity index (χ3v) is 4.01. The fourth-order valence-corrected chi connectivity index (χ4v) is 2.52. The van der Waals surface area contributed by atoms with Crippen molar-refractivity contribution in [2.45, 2.75) is 17.8 Å². The highest BCUT2D eigenvalue weighted by Gasteiger charge is 2.33. The van der Waals surface area contributed by atoms with Gasteiger partial charge in [-0.15, -0.1) is 0 Å². The molecule has 0 bridgehead atoms. The van der Waals surface area contributed by atoms with E-state index in [1.807, 2.05) is 24.3 Å². The van der Waals surface area contributed by atoms with E-state index in [9.17, 15) is 10.5 Å². The van der Waals surface area contributed by atoms with E-state index in [2.05, 4.69) is 12.1 Å². The van der Waals surface area contributed by atoms with E-state index >= 15 is 0 Å². The molecule has 0 N–H and O–H groups in total. The van der Waals surface area contributed by atoms with Gasteiger partial charge in [-0.2, -0.15) is 21.0 Å². The number of methoxy groups -OCH3 is 1. The Morgan fingerprint density at radius 3 is 1.88 bits per heavy atom. The van der Waals surface area contributed by atoms with Crippen LogP contribution in [0.15, 0.2) is 48.5 Å². The summed E-state index contributed by atoms with van der Waals surface area (Å²) >= 11 is 0. The summed E-state index contributed by atoms with van der Waals surface area (Å²) in [4.78, 5) is 0. The Morgan fingerprint density at radius 2 is 1.44 bits per heavy atom. The second-order valence-electron chi connectivity index (χ2n) is 5.47. The molecule has 120 valence electrons. The molecule has 0 aliphatic rings. The van der Waals surface area contributed by atoms with Crippen LogP contribution in [0, 0.1) is 45.3 Å². The van der Waals surface area contributed by atoms with Crippen molar-refractivity contribution in [3.05, 3.63) is 65.2 Å². The standard InChI is InChI=1S/C20H14N4O/c1-25-19-8-2-15(3-9-19)10-20(13-23,14-24)18-6-4-16(5-7-18)17(11-21)12-22/h2-9,17H,10H2,1H3. The molecule has 0 aliphatic heterocycles. The fourth-order valence-electron chi connectivity index (χ4n) is 2.52. The smallest absolute Gasteiger partial charge is 0.172 e. The van der Waals surface area contributed by atoms with E-state index in [0.717, 1.165) is 5.56 Å². The number of nitrogens with zero attached hydrogens (tertiary/aromatic N) is 4. The van der Waals surface area contributed by atoms with Crippen LogP contribution in [-0.4, -0.2) is 7.11 Å². The van der Waals surface area contributed by atoms with E-state index in [0.29, 0.717) is 16.9 Å². The van der Waals surface area contributed by atoms with Gasteiger partial charge < -0.3 is 4.74 Å². The van der Waals surface area contributed by atoms with E-state index in [1.54, 1.807) is 43.5 Å². The molecular formula is C20H14N4O. The van der Waals surface area contributed by atoms with Crippen molar-refractivity contribution in [2.24, 2.45) is 0 Å². The number of benzene rings is 2. The van der Waals surface area contributed by atoms with Gasteiger partial charge in [0.05, 0.1) is 31.4 Å². The minimum absolute atomic E-state index is 0.225. The van der Waals surface area contributed by atoms with Gasteiger partial charge in [-0.25, -0.2) is 0 Å². The van der Waals surface area contributed by atoms with Gasteiger partial charge in [0.2, 0.25) is 0 Å². The molecule has 0 fully saturated rings. The first kappa shape index (κ1) is 17.6. The van der Waals surface area contributed by atoms with Crippen LogP contribution in [0.5, 0.6) is 5.75 Å². The third-order valence-electron chi connectivity index (χ3n) is 4.01. The van der Waals surface area contributed by atoms with E-state index in [4.69, 9.17) is 15.3 Å². The minimum atomic E-state index is -1.35. The lowest BCUT2D eigenvalue weighted by Gasteiger charge is -2.20. The predicted octanol–water partition coefficient (Wildman–Crippen LogP) is 3.35. The fraction of sp³-hybridized carbons (Fsp3) is 0.200. The van der Waals surface area contributed by atoms with Crippen LogP contribution < -0.4 is 4.74 Å². The van der Waals surface area contributed by atoms with Crippen LogP contribution in [-0.2, 0) is 11.8 Å². The topological polar surface area (TPSA) is 104 Å². The lowest BCUT2D eigenvalue weighted by atomic mass is 9.77. The Kier molecular flexibility index (Phi) is 5.37. The van der Waals surface area contributed by atoms with Crippen molar-refractivity contribution in [3.8, 4) is 30.0 Å². The van der Waals surface area contributed by atoms with Gasteiger partial charge in [0.15, 0.2) is 11.3 Å². The Labute approximate surface area is 146 Å². The van der Waals surface area contributed by atoms with Crippen molar-refractivity contribution in [1.29, 1.82) is 21.0 Å². The average molecular weight is 326 g/mol. The van der Waals surface area contributed by atoms with Gasteiger partial charge in [-0.1, -0.05) is 36.4 Å². The van der Waals surface area contributed by atoms with Gasteiger partial charge in [0.25, 0.3) is 0 Å². The van der Waals surface area contributed by atoms with Gasteiger partial charge in [0, 0.05) is 6.42 Å². The summed E-state index contributed by atoms with van der Waals surface area (Å²) in [5, 5.41) is 37.2. The quantitative estimate of drug-likeness (QED) is 0.837. The Balaban J connectivity index is 2.36. The zero-order valence-corrected chi connectivity index (χ0v) is 13.6. The van der Waals surface area contributed by atoms with Crippen LogP contribution >= 0.6 is 0 Å². The number of nitriles is 4. The van der Waals surface area contributed by atoms with Crippen LogP contribution in [0.25, 0.3) is 0 Å². The average Bonchev–Trinajstić information content (AvgIpc) is 2.68. The molecular weight excluding hydrogens is 312 g/mol. The molecule has 0 unspecified atom stereocenters. The Hall–Kier alpha value is -3.80. The molecule has 2 rings (SSSR count). The molecule has 2 aromatic rings. The minimum Gasteiger partial charge on any atom is -0.497 e. The summed E-state index contributed by atoms with van der Waals surface area (Å²) in [6.45, 7) is 0. The Morgan fingerprint density at radius 1 is 0.880 bits per heavy atom. The predicted molar refractivity (Wildman–Crippen MR) is 90.0 cm³/mol. The van der Waals surface area contributed by atoms with Crippen LogP contribution in [0.2, 0.25) is 0 Å². The molecule has 0 atom stereocenters. The van der Waals surface area contributed by atoms with Crippen molar-refractivity contribution < 1.29 is 4.74 Å². The summed E-state index contributed by atoms with van der Waals surface area (Å²) in [7, 11) is 1.57. The summed E-state index contributed by atoms with van der Waals surface area (Å²) in [6.07, 6.45) is 0.225. The van der Waals surface area contributed by atoms with Crippen molar-refractivity contribution in [3.63, 3.8) is 0 Å². The highest BCUT2D eigenvalue weighted by molar-refractivity contribution is 5.45. The molecule has 5 nitrogen and oxygen atoms in total. The summed E-state index contributed by atoms with van der Waals surface area (Å²) in [5.41, 5.74) is 0.566. The monoisotopic (exact) mass is 326 g/mol. The normalized spacial score (nSPS) is 10.2. The maximum absolute atomic E-state index is 9.66. The number of hydrogen-bond donors (Lipinski definition) is 0. The maximum Gasteiger partial charge on any atom is 0.172 e. The summed E-state index contributed by atoms with van der Waals surface area (Å²) < 4.78 is 5.11. The van der Waals surface area contributed by atoms with Gasteiger partial charge in [-0.05, 0) is 28.8 Å². The number of rotatable bonds is 5. The number of hydrogen-bond acceptors (Lipinski definition) is 5. The molecule has 0 saturated heterocycles. The molecule has 0 saturated carbocycles. The lowest BCUT2D eigenvalue weighted by Crippen LogP contribution is -2.25. The van der Waals surface area contributed by atoms with Gasteiger partial charge in [-0.3, -0.25) is 0 Å². The highest BCUT2D eigenvalue weighted by atomic mass is 16.5. The van der Waals surface area contributed by atoms with Crippen molar-refractivity contribution in [1.82, 2.24) is 0 Å². The third kappa shape index (κ3) is 3.59. The zero-order valence-electron chi connectivity index (χ0n) is 13.6. The number of ether oxygens (including phenoxy) is 1. The van der Waals surface area contributed by atoms with Crippen LogP contribution in [0.3, 0.4) is 0 Å². The molecule has 2 aromatic carbocycles. The molecule has 0 radical (unpaired) electrons.